The number of rotatable bonds is 3. The zero-order valence-corrected chi connectivity index (χ0v) is 21.7. The van der Waals surface area contributed by atoms with Gasteiger partial charge in [0.2, 0.25) is 0 Å². The number of hydrogen-bond donors (Lipinski definition) is 2. The van der Waals surface area contributed by atoms with Crippen molar-refractivity contribution in [3.8, 4) is 11.4 Å². The Morgan fingerprint density at radius 2 is 1.53 bits per heavy atom. The number of nitrogens with zero attached hydrogens (tertiary/aromatic N) is 3. The summed E-state index contributed by atoms with van der Waals surface area (Å²) in [6, 6.07) is 18.6. The summed E-state index contributed by atoms with van der Waals surface area (Å²) in [4.78, 5) is 19.7. The zero-order valence-electron chi connectivity index (χ0n) is 21.7. The maximum absolute atomic E-state index is 12.7. The standard InChI is InChI=1S/C19H26N4O.C8H10.CH4O/c1-19(2,3)13-20-18(24)16-15-12-22(4)10-11-23(15)17(21-16)14-8-6-5-7-9-14;1-7-3-5-8(2)6-4-7;1-2/h5-9H,10-13H2,1-4H3,(H,20,24);3-6H,1-2H3;2H,1H3. The number of aliphatic hydroxyl groups is 1. The second-order valence-corrected chi connectivity index (χ2v) is 9.88. The van der Waals surface area contributed by atoms with Gasteiger partial charge >= 0.3 is 0 Å². The predicted octanol–water partition coefficient (Wildman–Crippen LogP) is 4.68. The highest BCUT2D eigenvalue weighted by atomic mass is 16.2. The van der Waals surface area contributed by atoms with Gasteiger partial charge in [0.25, 0.3) is 5.91 Å². The third kappa shape index (κ3) is 7.82. The fraction of sp³-hybridized carbons (Fsp3) is 0.429. The van der Waals surface area contributed by atoms with E-state index in [1.165, 1.54) is 11.1 Å². The van der Waals surface area contributed by atoms with E-state index < -0.39 is 0 Å². The predicted molar refractivity (Wildman–Crippen MR) is 140 cm³/mol. The molecule has 3 aromatic rings. The molecule has 0 bridgehead atoms. The van der Waals surface area contributed by atoms with E-state index in [0.29, 0.717) is 12.2 Å². The smallest absolute Gasteiger partial charge is 0.271 e. The minimum atomic E-state index is -0.0776. The van der Waals surface area contributed by atoms with Gasteiger partial charge in [0.15, 0.2) is 5.69 Å². The summed E-state index contributed by atoms with van der Waals surface area (Å²) < 4.78 is 2.20. The van der Waals surface area contributed by atoms with Crippen molar-refractivity contribution < 1.29 is 9.90 Å². The van der Waals surface area contributed by atoms with E-state index in [2.05, 4.69) is 80.7 Å². The van der Waals surface area contributed by atoms with Crippen molar-refractivity contribution in [2.75, 3.05) is 27.2 Å². The van der Waals surface area contributed by atoms with E-state index >= 15 is 0 Å². The molecule has 1 amide bonds. The Labute approximate surface area is 204 Å². The SMILES string of the molecule is CN1CCn2c(-c3ccccc3)nc(C(=O)NCC(C)(C)C)c2C1.CO.Cc1ccc(C)cc1. The highest BCUT2D eigenvalue weighted by Gasteiger charge is 2.27. The largest absolute Gasteiger partial charge is 0.400 e. The molecule has 0 aliphatic carbocycles. The summed E-state index contributed by atoms with van der Waals surface area (Å²) in [5, 5.41) is 10.0. The lowest BCUT2D eigenvalue weighted by atomic mass is 9.97. The number of amides is 1. The zero-order chi connectivity index (χ0) is 25.3. The lowest BCUT2D eigenvalue weighted by Crippen LogP contribution is -2.35. The molecule has 2 aromatic carbocycles. The van der Waals surface area contributed by atoms with Crippen LogP contribution in [0.2, 0.25) is 0 Å². The van der Waals surface area contributed by atoms with Gasteiger partial charge in [-0.25, -0.2) is 4.98 Å². The molecule has 2 heterocycles. The number of fused-ring (bicyclic) bond motifs is 1. The Morgan fingerprint density at radius 3 is 2.06 bits per heavy atom. The quantitative estimate of drug-likeness (QED) is 0.590. The molecule has 0 radical (unpaired) electrons. The highest BCUT2D eigenvalue weighted by molar-refractivity contribution is 5.94. The first kappa shape index (κ1) is 27.3. The summed E-state index contributed by atoms with van der Waals surface area (Å²) in [6.45, 7) is 13.7. The summed E-state index contributed by atoms with van der Waals surface area (Å²) >= 11 is 0. The maximum atomic E-state index is 12.7. The van der Waals surface area contributed by atoms with E-state index in [1.54, 1.807) is 0 Å². The average Bonchev–Trinajstić information content (AvgIpc) is 3.20. The van der Waals surface area contributed by atoms with Crippen LogP contribution >= 0.6 is 0 Å². The molecule has 4 rings (SSSR count). The average molecular weight is 465 g/mol. The Kier molecular flexibility index (Phi) is 10.0. The first-order valence-electron chi connectivity index (χ1n) is 11.7. The molecule has 0 unspecified atom stereocenters. The molecule has 0 spiro atoms. The van der Waals surface area contributed by atoms with Gasteiger partial charge in [0, 0.05) is 38.9 Å². The van der Waals surface area contributed by atoms with Crippen LogP contribution in [-0.4, -0.2) is 52.7 Å². The van der Waals surface area contributed by atoms with Crippen LogP contribution in [0.25, 0.3) is 11.4 Å². The third-order valence-corrected chi connectivity index (χ3v) is 5.44. The molecular formula is C28H40N4O2. The Balaban J connectivity index is 0.000000343. The number of aromatic nitrogens is 2. The van der Waals surface area contributed by atoms with E-state index in [4.69, 9.17) is 10.1 Å². The van der Waals surface area contributed by atoms with Crippen LogP contribution in [0.15, 0.2) is 54.6 Å². The maximum Gasteiger partial charge on any atom is 0.271 e. The van der Waals surface area contributed by atoms with Gasteiger partial charge < -0.3 is 15.0 Å². The minimum absolute atomic E-state index is 0.0501. The summed E-state index contributed by atoms with van der Waals surface area (Å²) in [7, 11) is 3.08. The number of aliphatic hydroxyl groups excluding tert-OH is 1. The van der Waals surface area contributed by atoms with E-state index in [9.17, 15) is 4.79 Å². The molecule has 1 aromatic heterocycles. The number of hydrogen-bond acceptors (Lipinski definition) is 4. The number of carbonyl (C=O) groups is 1. The summed E-state index contributed by atoms with van der Waals surface area (Å²) in [6.07, 6.45) is 0. The number of carbonyl (C=O) groups excluding carboxylic acids is 1. The highest BCUT2D eigenvalue weighted by Crippen LogP contribution is 2.26. The fourth-order valence-electron chi connectivity index (χ4n) is 3.55. The number of nitrogens with one attached hydrogen (secondary N) is 1. The van der Waals surface area contributed by atoms with Crippen LogP contribution in [0.3, 0.4) is 0 Å². The number of benzene rings is 2. The van der Waals surface area contributed by atoms with Gasteiger partial charge in [-0.05, 0) is 26.3 Å². The molecule has 2 N–H and O–H groups in total. The van der Waals surface area contributed by atoms with Gasteiger partial charge in [-0.1, -0.05) is 86.5 Å². The van der Waals surface area contributed by atoms with E-state index in [-0.39, 0.29) is 11.3 Å². The van der Waals surface area contributed by atoms with Gasteiger partial charge in [-0.15, -0.1) is 0 Å². The van der Waals surface area contributed by atoms with Crippen LogP contribution < -0.4 is 5.32 Å². The number of imidazole rings is 1. The lowest BCUT2D eigenvalue weighted by Gasteiger charge is -2.26. The molecule has 0 saturated carbocycles. The molecule has 0 atom stereocenters. The van der Waals surface area contributed by atoms with Crippen LogP contribution in [0.1, 0.15) is 48.1 Å². The van der Waals surface area contributed by atoms with Crippen LogP contribution in [0, 0.1) is 19.3 Å². The third-order valence-electron chi connectivity index (χ3n) is 5.44. The molecule has 0 saturated heterocycles. The molecule has 6 heteroatoms. The molecule has 184 valence electrons. The van der Waals surface area contributed by atoms with Crippen LogP contribution in [0.4, 0.5) is 0 Å². The van der Waals surface area contributed by atoms with Gasteiger partial charge in [0.1, 0.15) is 5.82 Å². The topological polar surface area (TPSA) is 70.4 Å². The summed E-state index contributed by atoms with van der Waals surface area (Å²) in [5.41, 5.74) is 5.33. The Morgan fingerprint density at radius 1 is 0.971 bits per heavy atom. The molecule has 6 nitrogen and oxygen atoms in total. The first-order chi connectivity index (χ1) is 16.1. The molecule has 0 fully saturated rings. The van der Waals surface area contributed by atoms with Crippen molar-refractivity contribution in [2.24, 2.45) is 5.41 Å². The van der Waals surface area contributed by atoms with Crippen molar-refractivity contribution in [1.29, 1.82) is 0 Å². The van der Waals surface area contributed by atoms with E-state index in [1.807, 2.05) is 30.3 Å². The number of likely N-dealkylation sites (N-methyl/N-ethyl adjacent to an activating group) is 1. The van der Waals surface area contributed by atoms with Crippen molar-refractivity contribution in [3.63, 3.8) is 0 Å². The van der Waals surface area contributed by atoms with Crippen molar-refractivity contribution in [3.05, 3.63) is 77.1 Å². The molecule has 1 aliphatic rings. The molecule has 1 aliphatic heterocycles. The summed E-state index contributed by atoms with van der Waals surface area (Å²) in [5.74, 6) is 0.811. The fourth-order valence-corrected chi connectivity index (χ4v) is 3.55. The van der Waals surface area contributed by atoms with Crippen LogP contribution in [0.5, 0.6) is 0 Å². The monoisotopic (exact) mass is 464 g/mol. The Hall–Kier alpha value is -2.96. The van der Waals surface area contributed by atoms with Crippen molar-refractivity contribution in [2.45, 2.75) is 47.7 Å². The van der Waals surface area contributed by atoms with E-state index in [0.717, 1.165) is 43.8 Å². The number of aryl methyl sites for hydroxylation is 2. The Bertz CT molecular complexity index is 1010. The van der Waals surface area contributed by atoms with Crippen molar-refractivity contribution in [1.82, 2.24) is 19.8 Å². The van der Waals surface area contributed by atoms with Gasteiger partial charge in [-0.3, -0.25) is 9.69 Å². The van der Waals surface area contributed by atoms with Gasteiger partial charge in [-0.2, -0.15) is 0 Å². The molecule has 34 heavy (non-hydrogen) atoms. The second-order valence-electron chi connectivity index (χ2n) is 9.88. The van der Waals surface area contributed by atoms with Crippen LogP contribution in [-0.2, 0) is 13.1 Å². The lowest BCUT2D eigenvalue weighted by molar-refractivity contribution is 0.0931. The van der Waals surface area contributed by atoms with Crippen molar-refractivity contribution >= 4 is 5.91 Å². The second kappa shape index (κ2) is 12.5. The minimum Gasteiger partial charge on any atom is -0.400 e. The molecular weight excluding hydrogens is 424 g/mol. The van der Waals surface area contributed by atoms with Gasteiger partial charge in [0.05, 0.1) is 5.69 Å². The first-order valence-corrected chi connectivity index (χ1v) is 11.7. The normalized spacial score (nSPS) is 13.1.